The summed E-state index contributed by atoms with van der Waals surface area (Å²) < 4.78 is 101. The van der Waals surface area contributed by atoms with Crippen molar-refractivity contribution in [2.75, 3.05) is 85.9 Å². The number of carbonyl (C=O) groups excluding carboxylic acids is 3. The SMILES string of the molecule is C=CCOc1ccc(C[Si](OCC)(OCC)OCC)cc1.C=CCOc1ccc([Si](OCC)(OCC)OCC)cc1.CCOC(C)Oc1ccc(C[Si](OC(C)=O)(OC(C)=O)OC(C)=O)cc1.CCOC(C)Oc1ccc([Si](OCC)(OCC)OCC)cc1. The highest BCUT2D eigenvalue weighted by Crippen LogP contribution is 2.24. The van der Waals surface area contributed by atoms with Crippen LogP contribution in [-0.2, 0) is 89.1 Å². The molecule has 2 atom stereocenters. The quantitative estimate of drug-likeness (QED) is 0.0229. The van der Waals surface area contributed by atoms with Crippen molar-refractivity contribution in [2.45, 2.75) is 135 Å². The molecule has 0 heterocycles. The molecular weight excluding hydrogens is 1220 g/mol. The summed E-state index contributed by atoms with van der Waals surface area (Å²) in [5, 5.41) is 1.89. The monoisotopic (exact) mass is 1320 g/mol. The van der Waals surface area contributed by atoms with Crippen LogP contribution in [0.15, 0.2) is 122 Å². The molecule has 2 unspecified atom stereocenters. The zero-order chi connectivity index (χ0) is 66.6. The second-order valence-electron chi connectivity index (χ2n) is 18.3. The number of benzene rings is 4. The van der Waals surface area contributed by atoms with E-state index in [1.807, 2.05) is 156 Å². The molecule has 0 radical (unpaired) electrons. The Bertz CT molecular complexity index is 2430. The Morgan fingerprint density at radius 2 is 0.629 bits per heavy atom. The molecule has 500 valence electrons. The molecule has 89 heavy (non-hydrogen) atoms. The van der Waals surface area contributed by atoms with Crippen molar-refractivity contribution in [3.8, 4) is 23.0 Å². The molecule has 0 aliphatic rings. The van der Waals surface area contributed by atoms with Crippen LogP contribution < -0.4 is 29.3 Å². The van der Waals surface area contributed by atoms with Crippen LogP contribution in [0.2, 0.25) is 0 Å². The largest absolute Gasteiger partial charge is 0.709 e. The summed E-state index contributed by atoms with van der Waals surface area (Å²) in [7, 11) is -12.2. The molecular formula is C64H102O21Si4. The van der Waals surface area contributed by atoms with Gasteiger partial charge in [-0.3, -0.25) is 14.4 Å². The van der Waals surface area contributed by atoms with E-state index in [0.717, 1.165) is 54.0 Å². The van der Waals surface area contributed by atoms with E-state index in [1.54, 1.807) is 43.3 Å². The maximum Gasteiger partial charge on any atom is 0.709 e. The predicted molar refractivity (Wildman–Crippen MR) is 350 cm³/mol. The number of ether oxygens (including phenoxy) is 6. The standard InChI is InChI=1S/C17H24O8Si.C16H28O5Si.C16H26O4Si.C15H24O4Si/c1-6-21-15(5)22-17-9-7-16(8-10-17)11-26(23-12(2)18,24-13(3)19)25-14(4)20;1-6-17-14(5)21-15-10-12-16(13-11-15)22(18-7-2,19-8-3)20-9-4;1-5-13-17-16-11-9-15(10-12-16)14-21(18-6-2,19-7-3)20-8-4;1-5-13-16-14-9-11-15(12-10-14)20(17-6-2,18-7-3)19-8-4/h7-10,15H,6,11H2,1-5H3;10-14H,6-9H2,1-5H3;5,9-12H,1,6-8,13-14H2,2-4H3;5,9-12H,1,6-8,13H2,2-4H3. The summed E-state index contributed by atoms with van der Waals surface area (Å²) >= 11 is 0. The van der Waals surface area contributed by atoms with Gasteiger partial charge in [0.15, 0.2) is 12.6 Å². The molecule has 0 fully saturated rings. The summed E-state index contributed by atoms with van der Waals surface area (Å²) in [6.07, 6.45) is 2.77. The summed E-state index contributed by atoms with van der Waals surface area (Å²) in [5.74, 6) is 0.835. The van der Waals surface area contributed by atoms with Crippen molar-refractivity contribution in [3.05, 3.63) is 133 Å². The van der Waals surface area contributed by atoms with E-state index in [0.29, 0.717) is 103 Å². The predicted octanol–water partition coefficient (Wildman–Crippen LogP) is 10.7. The van der Waals surface area contributed by atoms with Gasteiger partial charge in [-0.25, -0.2) is 0 Å². The van der Waals surface area contributed by atoms with Gasteiger partial charge in [-0.2, -0.15) is 0 Å². The molecule has 0 spiro atoms. The Kier molecular flexibility index (Phi) is 42.5. The van der Waals surface area contributed by atoms with Gasteiger partial charge in [0, 0.05) is 110 Å². The number of rotatable bonds is 41. The zero-order valence-electron chi connectivity index (χ0n) is 55.6. The Balaban J connectivity index is 0.000000596. The maximum absolute atomic E-state index is 11.4. The number of hydrogen-bond donors (Lipinski definition) is 0. The minimum absolute atomic E-state index is 0.0347. The fraction of sp³-hybridized carbons (Fsp3) is 0.516. The molecule has 0 saturated carbocycles. The van der Waals surface area contributed by atoms with Gasteiger partial charge < -0.3 is 81.5 Å². The lowest BCUT2D eigenvalue weighted by atomic mass is 10.2. The van der Waals surface area contributed by atoms with Gasteiger partial charge in [0.1, 0.15) is 36.2 Å². The lowest BCUT2D eigenvalue weighted by Gasteiger charge is -2.28. The highest BCUT2D eigenvalue weighted by atomic mass is 28.4. The van der Waals surface area contributed by atoms with Gasteiger partial charge in [-0.05, 0) is 150 Å². The van der Waals surface area contributed by atoms with Crippen molar-refractivity contribution < 1.29 is 95.9 Å². The van der Waals surface area contributed by atoms with Gasteiger partial charge in [-0.1, -0.05) is 73.8 Å². The Morgan fingerprint density at radius 3 is 0.888 bits per heavy atom. The van der Waals surface area contributed by atoms with Crippen molar-refractivity contribution in [3.63, 3.8) is 0 Å². The third kappa shape index (κ3) is 31.8. The van der Waals surface area contributed by atoms with E-state index >= 15 is 0 Å². The van der Waals surface area contributed by atoms with E-state index in [-0.39, 0.29) is 12.3 Å². The van der Waals surface area contributed by atoms with Crippen LogP contribution in [0, 0.1) is 0 Å². The van der Waals surface area contributed by atoms with Gasteiger partial charge in [0.05, 0.1) is 6.04 Å². The molecule has 0 aliphatic carbocycles. The highest BCUT2D eigenvalue weighted by molar-refractivity contribution is 6.76. The molecule has 0 bridgehead atoms. The molecule has 21 nitrogen and oxygen atoms in total. The topological polar surface area (TPSA) is 217 Å². The molecule has 0 saturated heterocycles. The van der Waals surface area contributed by atoms with E-state index < -0.39 is 59.4 Å². The average molecular weight is 1320 g/mol. The van der Waals surface area contributed by atoms with E-state index in [1.165, 1.54) is 0 Å². The fourth-order valence-electron chi connectivity index (χ4n) is 8.27. The molecule has 0 N–H and O–H groups in total. The minimum atomic E-state index is -3.90. The van der Waals surface area contributed by atoms with E-state index in [9.17, 15) is 14.4 Å². The van der Waals surface area contributed by atoms with Crippen LogP contribution in [-0.4, -0.2) is 152 Å². The first kappa shape index (κ1) is 81.4. The van der Waals surface area contributed by atoms with Crippen LogP contribution in [0.4, 0.5) is 0 Å². The molecule has 0 amide bonds. The molecule has 25 heteroatoms. The molecule has 4 aromatic carbocycles. The van der Waals surface area contributed by atoms with E-state index in [4.69, 9.17) is 81.5 Å². The first-order valence-electron chi connectivity index (χ1n) is 30.5. The third-order valence-corrected chi connectivity index (χ3v) is 23.0. The minimum Gasteiger partial charge on any atom is -0.490 e. The number of hydrogen-bond acceptors (Lipinski definition) is 21. The second-order valence-corrected chi connectivity index (χ2v) is 28.4. The Hall–Kier alpha value is -5.60. The Labute approximate surface area is 534 Å². The summed E-state index contributed by atoms with van der Waals surface area (Å²) in [5.41, 5.74) is 1.78. The van der Waals surface area contributed by atoms with Crippen molar-refractivity contribution in [2.24, 2.45) is 0 Å². The van der Waals surface area contributed by atoms with Gasteiger partial charge in [0.2, 0.25) is 0 Å². The van der Waals surface area contributed by atoms with E-state index in [2.05, 4.69) is 13.2 Å². The van der Waals surface area contributed by atoms with Crippen LogP contribution in [0.3, 0.4) is 0 Å². The molecule has 0 aromatic heterocycles. The van der Waals surface area contributed by atoms with Crippen molar-refractivity contribution in [1.29, 1.82) is 0 Å². The van der Waals surface area contributed by atoms with Gasteiger partial charge in [-0.15, -0.1) is 0 Å². The third-order valence-electron chi connectivity index (χ3n) is 11.2. The van der Waals surface area contributed by atoms with Crippen LogP contribution in [0.1, 0.15) is 122 Å². The number of carbonyl (C=O) groups is 3. The summed E-state index contributed by atoms with van der Waals surface area (Å²) in [6, 6.07) is 30.7. The molecule has 4 rings (SSSR count). The van der Waals surface area contributed by atoms with Gasteiger partial charge in [0.25, 0.3) is 17.9 Å². The van der Waals surface area contributed by atoms with Crippen molar-refractivity contribution >= 4 is 63.5 Å². The zero-order valence-corrected chi connectivity index (χ0v) is 59.6. The highest BCUT2D eigenvalue weighted by Gasteiger charge is 2.52. The molecule has 4 aromatic rings. The second kappa shape index (κ2) is 46.5. The summed E-state index contributed by atoms with van der Waals surface area (Å²) in [6.45, 7) is 43.0. The van der Waals surface area contributed by atoms with Crippen LogP contribution in [0.25, 0.3) is 0 Å². The van der Waals surface area contributed by atoms with Gasteiger partial charge >= 0.3 is 35.2 Å². The van der Waals surface area contributed by atoms with Crippen LogP contribution >= 0.6 is 0 Å². The lowest BCUT2D eigenvalue weighted by Crippen LogP contribution is -2.56. The Morgan fingerprint density at radius 1 is 0.371 bits per heavy atom. The normalized spacial score (nSPS) is 12.0. The average Bonchev–Trinajstić information content (AvgIpc) is 2.16. The first-order chi connectivity index (χ1) is 42.7. The van der Waals surface area contributed by atoms with Crippen LogP contribution in [0.5, 0.6) is 23.0 Å². The first-order valence-corrected chi connectivity index (χ1v) is 37.8. The fourth-order valence-corrected chi connectivity index (χ4v) is 18.2. The summed E-state index contributed by atoms with van der Waals surface area (Å²) in [4.78, 5) is 34.3. The lowest BCUT2D eigenvalue weighted by molar-refractivity contribution is -0.147. The van der Waals surface area contributed by atoms with Crippen molar-refractivity contribution in [1.82, 2.24) is 0 Å². The smallest absolute Gasteiger partial charge is 0.490 e. The maximum atomic E-state index is 11.4. The molecule has 0 aliphatic heterocycles.